The number of hydrogen-bond donors (Lipinski definition) is 3. The molecule has 2 aromatic rings. The van der Waals surface area contributed by atoms with Gasteiger partial charge in [-0.05, 0) is 17.7 Å². The van der Waals surface area contributed by atoms with E-state index in [1.807, 2.05) is 6.07 Å². The first kappa shape index (κ1) is 12.2. The Kier molecular flexibility index (Phi) is 3.08. The molecule has 102 valence electrons. The second-order valence-corrected chi connectivity index (χ2v) is 4.34. The number of hydrogen-bond acceptors (Lipinski definition) is 4. The standard InChI is InChI=1S/C13H12N4O3/c18-12-7-20-11-2-1-8(3-10(11)17-12)4-14-13(19)9-5-15-16-6-9/h1-3,5-6H,4,7H2,(H,14,19)(H,15,16)(H,17,18). The van der Waals surface area contributed by atoms with E-state index in [2.05, 4.69) is 20.8 Å². The highest BCUT2D eigenvalue weighted by atomic mass is 16.5. The highest BCUT2D eigenvalue weighted by molar-refractivity contribution is 5.95. The van der Waals surface area contributed by atoms with Crippen molar-refractivity contribution >= 4 is 17.5 Å². The SMILES string of the molecule is O=C1COc2ccc(CNC(=O)c3cn[nH]c3)cc2N1. The lowest BCUT2D eigenvalue weighted by molar-refractivity contribution is -0.118. The number of nitrogens with zero attached hydrogens (tertiary/aromatic N) is 1. The van der Waals surface area contributed by atoms with Crippen molar-refractivity contribution in [2.24, 2.45) is 0 Å². The summed E-state index contributed by atoms with van der Waals surface area (Å²) in [6.07, 6.45) is 2.98. The van der Waals surface area contributed by atoms with Crippen LogP contribution in [-0.4, -0.2) is 28.6 Å². The third-order valence-corrected chi connectivity index (χ3v) is 2.89. The van der Waals surface area contributed by atoms with Crippen LogP contribution >= 0.6 is 0 Å². The lowest BCUT2D eigenvalue weighted by Crippen LogP contribution is -2.26. The molecule has 3 N–H and O–H groups in total. The largest absolute Gasteiger partial charge is 0.482 e. The smallest absolute Gasteiger partial charge is 0.262 e. The lowest BCUT2D eigenvalue weighted by Gasteiger charge is -2.18. The molecule has 0 unspecified atom stereocenters. The molecule has 0 radical (unpaired) electrons. The van der Waals surface area contributed by atoms with Crippen LogP contribution in [0.4, 0.5) is 5.69 Å². The van der Waals surface area contributed by atoms with Crippen molar-refractivity contribution in [1.82, 2.24) is 15.5 Å². The van der Waals surface area contributed by atoms with Crippen molar-refractivity contribution in [3.63, 3.8) is 0 Å². The van der Waals surface area contributed by atoms with E-state index < -0.39 is 0 Å². The van der Waals surface area contributed by atoms with Gasteiger partial charge in [0.2, 0.25) is 0 Å². The summed E-state index contributed by atoms with van der Waals surface area (Å²) >= 11 is 0. The van der Waals surface area contributed by atoms with Crippen LogP contribution in [0.1, 0.15) is 15.9 Å². The molecule has 0 spiro atoms. The number of fused-ring (bicyclic) bond motifs is 1. The van der Waals surface area contributed by atoms with Gasteiger partial charge in [-0.2, -0.15) is 5.10 Å². The minimum Gasteiger partial charge on any atom is -0.482 e. The van der Waals surface area contributed by atoms with Crippen molar-refractivity contribution in [2.45, 2.75) is 6.54 Å². The van der Waals surface area contributed by atoms with Gasteiger partial charge in [0.15, 0.2) is 6.61 Å². The number of aromatic nitrogens is 2. The quantitative estimate of drug-likeness (QED) is 0.765. The van der Waals surface area contributed by atoms with Gasteiger partial charge in [-0.3, -0.25) is 14.7 Å². The zero-order chi connectivity index (χ0) is 13.9. The first-order valence-electron chi connectivity index (χ1n) is 6.05. The average Bonchev–Trinajstić information content (AvgIpc) is 2.98. The predicted octanol–water partition coefficient (Wildman–Crippen LogP) is 0.671. The number of ether oxygens (including phenoxy) is 1. The van der Waals surface area contributed by atoms with Crippen LogP contribution in [0.5, 0.6) is 5.75 Å². The van der Waals surface area contributed by atoms with Gasteiger partial charge in [0.05, 0.1) is 17.4 Å². The van der Waals surface area contributed by atoms with Gasteiger partial charge in [0, 0.05) is 12.7 Å². The Bertz CT molecular complexity index is 652. The summed E-state index contributed by atoms with van der Waals surface area (Å²) in [4.78, 5) is 23.0. The Morgan fingerprint density at radius 3 is 3.15 bits per heavy atom. The number of anilines is 1. The monoisotopic (exact) mass is 272 g/mol. The van der Waals surface area contributed by atoms with Crippen LogP contribution in [0, 0.1) is 0 Å². The molecule has 0 atom stereocenters. The van der Waals surface area contributed by atoms with Crippen molar-refractivity contribution < 1.29 is 14.3 Å². The fraction of sp³-hybridized carbons (Fsp3) is 0.154. The molecule has 0 fully saturated rings. The third kappa shape index (κ3) is 2.46. The predicted molar refractivity (Wildman–Crippen MR) is 70.3 cm³/mol. The normalized spacial score (nSPS) is 13.1. The molecule has 3 rings (SSSR count). The van der Waals surface area contributed by atoms with E-state index in [1.165, 1.54) is 12.4 Å². The summed E-state index contributed by atoms with van der Waals surface area (Å²) in [7, 11) is 0. The average molecular weight is 272 g/mol. The van der Waals surface area contributed by atoms with Gasteiger partial charge >= 0.3 is 0 Å². The van der Waals surface area contributed by atoms with E-state index in [9.17, 15) is 9.59 Å². The van der Waals surface area contributed by atoms with E-state index in [0.29, 0.717) is 23.5 Å². The molecule has 2 amide bonds. The molecule has 7 nitrogen and oxygen atoms in total. The van der Waals surface area contributed by atoms with Gasteiger partial charge in [0.25, 0.3) is 11.8 Å². The number of nitrogens with one attached hydrogen (secondary N) is 3. The second kappa shape index (κ2) is 5.04. The molecule has 0 saturated heterocycles. The maximum atomic E-state index is 11.8. The van der Waals surface area contributed by atoms with Crippen molar-refractivity contribution in [2.75, 3.05) is 11.9 Å². The molecular formula is C13H12N4O3. The van der Waals surface area contributed by atoms with E-state index >= 15 is 0 Å². The number of rotatable bonds is 3. The Morgan fingerprint density at radius 1 is 1.45 bits per heavy atom. The van der Waals surface area contributed by atoms with Crippen LogP contribution < -0.4 is 15.4 Å². The molecule has 0 saturated carbocycles. The van der Waals surface area contributed by atoms with Crippen molar-refractivity contribution in [3.05, 3.63) is 41.7 Å². The molecule has 1 aromatic carbocycles. The summed E-state index contributed by atoms with van der Waals surface area (Å²) < 4.78 is 5.26. The van der Waals surface area contributed by atoms with Crippen LogP contribution in [0.15, 0.2) is 30.6 Å². The Labute approximate surface area is 114 Å². The highest BCUT2D eigenvalue weighted by Crippen LogP contribution is 2.28. The number of carbonyl (C=O) groups is 2. The maximum Gasteiger partial charge on any atom is 0.262 e. The number of aromatic amines is 1. The second-order valence-electron chi connectivity index (χ2n) is 4.34. The molecule has 1 aliphatic rings. The summed E-state index contributed by atoms with van der Waals surface area (Å²) in [6.45, 7) is 0.386. The Hall–Kier alpha value is -2.83. The third-order valence-electron chi connectivity index (χ3n) is 2.89. The lowest BCUT2D eigenvalue weighted by atomic mass is 10.1. The molecule has 1 aliphatic heterocycles. The minimum absolute atomic E-state index is 0.0313. The highest BCUT2D eigenvalue weighted by Gasteiger charge is 2.16. The molecule has 7 heteroatoms. The van der Waals surface area contributed by atoms with Crippen LogP contribution in [0.3, 0.4) is 0 Å². The Balaban J connectivity index is 1.68. The maximum absolute atomic E-state index is 11.8. The van der Waals surface area contributed by atoms with E-state index in [1.54, 1.807) is 12.1 Å². The van der Waals surface area contributed by atoms with E-state index in [4.69, 9.17) is 4.74 Å². The fourth-order valence-electron chi connectivity index (χ4n) is 1.90. The van der Waals surface area contributed by atoms with Crippen LogP contribution in [0.25, 0.3) is 0 Å². The number of amides is 2. The summed E-state index contributed by atoms with van der Waals surface area (Å²) in [5, 5.41) is 11.8. The van der Waals surface area contributed by atoms with Crippen LogP contribution in [-0.2, 0) is 11.3 Å². The van der Waals surface area contributed by atoms with Crippen molar-refractivity contribution in [3.8, 4) is 5.75 Å². The van der Waals surface area contributed by atoms with Gasteiger partial charge < -0.3 is 15.4 Å². The zero-order valence-corrected chi connectivity index (χ0v) is 10.5. The van der Waals surface area contributed by atoms with Gasteiger partial charge in [-0.25, -0.2) is 0 Å². The van der Waals surface area contributed by atoms with Crippen molar-refractivity contribution in [1.29, 1.82) is 0 Å². The topological polar surface area (TPSA) is 96.1 Å². The fourth-order valence-corrected chi connectivity index (χ4v) is 1.90. The molecule has 0 aliphatic carbocycles. The van der Waals surface area contributed by atoms with Crippen LogP contribution in [0.2, 0.25) is 0 Å². The molecule has 0 bridgehead atoms. The Morgan fingerprint density at radius 2 is 2.35 bits per heavy atom. The zero-order valence-electron chi connectivity index (χ0n) is 10.5. The number of carbonyl (C=O) groups excluding carboxylic acids is 2. The van der Waals surface area contributed by atoms with Gasteiger partial charge in [-0.1, -0.05) is 6.07 Å². The number of H-pyrrole nitrogens is 1. The van der Waals surface area contributed by atoms with E-state index in [0.717, 1.165) is 5.56 Å². The minimum atomic E-state index is -0.211. The first-order valence-corrected chi connectivity index (χ1v) is 6.05. The van der Waals surface area contributed by atoms with Gasteiger partial charge in [0.1, 0.15) is 5.75 Å². The summed E-state index contributed by atoms with van der Waals surface area (Å²) in [6, 6.07) is 5.39. The summed E-state index contributed by atoms with van der Waals surface area (Å²) in [5.41, 5.74) is 1.96. The van der Waals surface area contributed by atoms with Gasteiger partial charge in [-0.15, -0.1) is 0 Å². The molecule has 2 heterocycles. The number of benzene rings is 1. The molecule has 20 heavy (non-hydrogen) atoms. The molecule has 1 aromatic heterocycles. The molecular weight excluding hydrogens is 260 g/mol. The van der Waals surface area contributed by atoms with E-state index in [-0.39, 0.29) is 18.4 Å². The summed E-state index contributed by atoms with van der Waals surface area (Å²) in [5.74, 6) is 0.239. The first-order chi connectivity index (χ1) is 9.72.